The molecule has 0 amide bonds. The third-order valence-corrected chi connectivity index (χ3v) is 9.12. The molecule has 0 radical (unpaired) electrons. The molecule has 7 atom stereocenters. The van der Waals surface area contributed by atoms with Crippen molar-refractivity contribution >= 4 is 0 Å². The van der Waals surface area contributed by atoms with E-state index in [-0.39, 0.29) is 29.0 Å². The third-order valence-electron chi connectivity index (χ3n) is 9.12. The predicted molar refractivity (Wildman–Crippen MR) is 89.8 cm³/mol. The van der Waals surface area contributed by atoms with Crippen LogP contribution in [0, 0.1) is 34.0 Å². The van der Waals surface area contributed by atoms with E-state index in [1.807, 2.05) is 0 Å². The van der Waals surface area contributed by atoms with Gasteiger partial charge in [-0.1, -0.05) is 20.8 Å². The van der Waals surface area contributed by atoms with Crippen molar-refractivity contribution in [3.8, 4) is 0 Å². The van der Waals surface area contributed by atoms with E-state index in [1.54, 1.807) is 0 Å². The molecule has 1 spiro atoms. The van der Waals surface area contributed by atoms with E-state index >= 15 is 0 Å². The second-order valence-corrected chi connectivity index (χ2v) is 10.3. The van der Waals surface area contributed by atoms with Crippen LogP contribution in [0.4, 0.5) is 0 Å². The summed E-state index contributed by atoms with van der Waals surface area (Å²) in [4.78, 5) is 0. The Hall–Kier alpha value is -0.120. The highest BCUT2D eigenvalue weighted by Gasteiger charge is 2.67. The molecule has 3 N–H and O–H groups in total. The van der Waals surface area contributed by atoms with Gasteiger partial charge in [0.1, 0.15) is 0 Å². The summed E-state index contributed by atoms with van der Waals surface area (Å²) in [6.07, 6.45) is 8.39. The Balaban J connectivity index is 1.72. The van der Waals surface area contributed by atoms with Crippen molar-refractivity contribution in [1.82, 2.24) is 0 Å². The maximum absolute atomic E-state index is 10.9. The van der Waals surface area contributed by atoms with Gasteiger partial charge in [0.05, 0.1) is 18.3 Å². The largest absolute Gasteiger partial charge is 0.393 e. The molecule has 3 nitrogen and oxygen atoms in total. The van der Waals surface area contributed by atoms with E-state index in [0.29, 0.717) is 17.8 Å². The van der Waals surface area contributed by atoms with Gasteiger partial charge in [0.2, 0.25) is 0 Å². The van der Waals surface area contributed by atoms with E-state index in [0.717, 1.165) is 32.1 Å². The average molecular weight is 322 g/mol. The predicted octanol–water partition coefficient (Wildman–Crippen LogP) is 3.11. The molecule has 4 aliphatic carbocycles. The molecule has 0 aromatic rings. The first-order valence-corrected chi connectivity index (χ1v) is 9.69. The summed E-state index contributed by atoms with van der Waals surface area (Å²) in [7, 11) is 0. The first kappa shape index (κ1) is 16.4. The van der Waals surface area contributed by atoms with Crippen molar-refractivity contribution in [2.24, 2.45) is 34.0 Å². The van der Waals surface area contributed by atoms with Crippen molar-refractivity contribution in [2.45, 2.75) is 83.8 Å². The minimum atomic E-state index is -0.832. The van der Waals surface area contributed by atoms with Gasteiger partial charge < -0.3 is 15.3 Å². The summed E-state index contributed by atoms with van der Waals surface area (Å²) in [5.74, 6) is 1.53. The second-order valence-electron chi connectivity index (χ2n) is 10.3. The Morgan fingerprint density at radius 3 is 2.39 bits per heavy atom. The standard InChI is InChI=1S/C20H34O3/c1-17(2)14-6-9-19-10-13(20(23,11-19)12-21)4-5-15(19)18(14,3)8-7-16(17)22/h13-16,21-23H,4-12H2,1-3H3/t13-,14+,15-,16+,18+,19-,20+/m0/s1. The summed E-state index contributed by atoms with van der Waals surface area (Å²) >= 11 is 0. The molecule has 4 fully saturated rings. The molecule has 4 aliphatic rings. The van der Waals surface area contributed by atoms with Gasteiger partial charge in [0.25, 0.3) is 0 Å². The van der Waals surface area contributed by atoms with Gasteiger partial charge in [0.15, 0.2) is 0 Å². The normalized spacial score (nSPS) is 57.7. The van der Waals surface area contributed by atoms with Crippen LogP contribution in [0.25, 0.3) is 0 Å². The Morgan fingerprint density at radius 2 is 1.70 bits per heavy atom. The number of hydrogen-bond donors (Lipinski definition) is 3. The average Bonchev–Trinajstić information content (AvgIpc) is 2.70. The smallest absolute Gasteiger partial charge is 0.0910 e. The molecule has 0 heterocycles. The molecule has 0 unspecified atom stereocenters. The highest BCUT2D eigenvalue weighted by molar-refractivity contribution is 5.17. The van der Waals surface area contributed by atoms with Crippen LogP contribution in [0.5, 0.6) is 0 Å². The minimum absolute atomic E-state index is 0.00263. The van der Waals surface area contributed by atoms with Gasteiger partial charge in [-0.3, -0.25) is 0 Å². The molecule has 0 aliphatic heterocycles. The molecule has 0 aromatic heterocycles. The molecule has 4 rings (SSSR count). The molecule has 23 heavy (non-hydrogen) atoms. The molecular weight excluding hydrogens is 288 g/mol. The summed E-state index contributed by atoms with van der Waals surface area (Å²) in [5, 5.41) is 31.3. The molecule has 132 valence electrons. The first-order chi connectivity index (χ1) is 10.7. The van der Waals surface area contributed by atoms with E-state index in [1.165, 1.54) is 19.3 Å². The molecule has 3 heteroatoms. The van der Waals surface area contributed by atoms with Crippen LogP contribution in [0.1, 0.15) is 72.1 Å². The van der Waals surface area contributed by atoms with E-state index in [2.05, 4.69) is 20.8 Å². The topological polar surface area (TPSA) is 60.7 Å². The fourth-order valence-corrected chi connectivity index (χ4v) is 8.02. The van der Waals surface area contributed by atoms with E-state index in [9.17, 15) is 15.3 Å². The highest BCUT2D eigenvalue weighted by atomic mass is 16.3. The number of rotatable bonds is 1. The summed E-state index contributed by atoms with van der Waals surface area (Å²) in [5.41, 5.74) is -0.310. The maximum atomic E-state index is 10.9. The molecule has 0 aromatic carbocycles. The Morgan fingerprint density at radius 1 is 0.957 bits per heavy atom. The third kappa shape index (κ3) is 1.93. The Kier molecular flexibility index (Phi) is 3.37. The van der Waals surface area contributed by atoms with Crippen molar-refractivity contribution < 1.29 is 15.3 Å². The van der Waals surface area contributed by atoms with Gasteiger partial charge in [0, 0.05) is 0 Å². The zero-order chi connectivity index (χ0) is 16.7. The van der Waals surface area contributed by atoms with Crippen molar-refractivity contribution in [1.29, 1.82) is 0 Å². The van der Waals surface area contributed by atoms with Gasteiger partial charge >= 0.3 is 0 Å². The monoisotopic (exact) mass is 322 g/mol. The van der Waals surface area contributed by atoms with E-state index in [4.69, 9.17) is 0 Å². The van der Waals surface area contributed by atoms with Crippen molar-refractivity contribution in [2.75, 3.05) is 6.61 Å². The van der Waals surface area contributed by atoms with Crippen LogP contribution >= 0.6 is 0 Å². The number of aliphatic hydroxyl groups is 3. The highest BCUT2D eigenvalue weighted by Crippen LogP contribution is 2.72. The van der Waals surface area contributed by atoms with Crippen LogP contribution < -0.4 is 0 Å². The summed E-state index contributed by atoms with van der Waals surface area (Å²) in [6, 6.07) is 0. The molecular formula is C20H34O3. The lowest BCUT2D eigenvalue weighted by Gasteiger charge is -2.64. The number of fused-ring (bicyclic) bond motifs is 3. The first-order valence-electron chi connectivity index (χ1n) is 9.69. The molecule has 4 saturated carbocycles. The number of hydrogen-bond acceptors (Lipinski definition) is 3. The zero-order valence-corrected chi connectivity index (χ0v) is 15.0. The Labute approximate surface area is 140 Å². The van der Waals surface area contributed by atoms with E-state index < -0.39 is 5.60 Å². The minimum Gasteiger partial charge on any atom is -0.393 e. The SMILES string of the molecule is CC1(C)[C@H](O)CC[C@]2(C)[C@@H]1CC[C@@]13C[C@H](CC[C@H]12)[C@](O)(CO)C3. The van der Waals surface area contributed by atoms with Crippen LogP contribution in [-0.2, 0) is 0 Å². The van der Waals surface area contributed by atoms with Crippen LogP contribution in [0.15, 0.2) is 0 Å². The van der Waals surface area contributed by atoms with Crippen molar-refractivity contribution in [3.05, 3.63) is 0 Å². The lowest BCUT2D eigenvalue weighted by molar-refractivity contribution is -0.180. The zero-order valence-electron chi connectivity index (χ0n) is 15.0. The summed E-state index contributed by atoms with van der Waals surface area (Å²) < 4.78 is 0. The van der Waals surface area contributed by atoms with Crippen LogP contribution in [-0.4, -0.2) is 33.6 Å². The summed E-state index contributed by atoms with van der Waals surface area (Å²) in [6.45, 7) is 6.94. The van der Waals surface area contributed by atoms with Crippen molar-refractivity contribution in [3.63, 3.8) is 0 Å². The fourth-order valence-electron chi connectivity index (χ4n) is 8.02. The second kappa shape index (κ2) is 4.74. The fraction of sp³-hybridized carbons (Fsp3) is 1.00. The van der Waals surface area contributed by atoms with Crippen LogP contribution in [0.2, 0.25) is 0 Å². The molecule has 2 bridgehead atoms. The maximum Gasteiger partial charge on any atom is 0.0910 e. The van der Waals surface area contributed by atoms with Gasteiger partial charge in [-0.15, -0.1) is 0 Å². The number of aliphatic hydroxyl groups excluding tert-OH is 2. The Bertz CT molecular complexity index is 503. The van der Waals surface area contributed by atoms with Crippen LogP contribution in [0.3, 0.4) is 0 Å². The van der Waals surface area contributed by atoms with Gasteiger partial charge in [-0.25, -0.2) is 0 Å². The lowest BCUT2D eigenvalue weighted by atomic mass is 9.41. The lowest BCUT2D eigenvalue weighted by Crippen LogP contribution is -2.59. The molecule has 0 saturated heterocycles. The van der Waals surface area contributed by atoms with Gasteiger partial charge in [-0.2, -0.15) is 0 Å². The van der Waals surface area contributed by atoms with Gasteiger partial charge in [-0.05, 0) is 85.4 Å². The quantitative estimate of drug-likeness (QED) is 0.695.